The van der Waals surface area contributed by atoms with Crippen LogP contribution in [0.25, 0.3) is 72.7 Å². The summed E-state index contributed by atoms with van der Waals surface area (Å²) in [7, 11) is 0. The van der Waals surface area contributed by atoms with E-state index in [2.05, 4.69) is 220 Å². The number of para-hydroxylation sites is 1. The van der Waals surface area contributed by atoms with Crippen molar-refractivity contribution < 1.29 is 5.11 Å². The van der Waals surface area contributed by atoms with Gasteiger partial charge in [0, 0.05) is 33.9 Å². The lowest BCUT2D eigenvalue weighted by molar-refractivity contribution is 0.446. The average Bonchev–Trinajstić information content (AvgIpc) is 3.72. The first-order chi connectivity index (χ1) is 28.8. The highest BCUT2D eigenvalue weighted by Gasteiger charge is 2.36. The maximum Gasteiger partial charge on any atom is 0.149 e. The van der Waals surface area contributed by atoms with Crippen LogP contribution in [0.1, 0.15) is 104 Å². The van der Waals surface area contributed by atoms with E-state index in [0.717, 1.165) is 66.9 Å². The van der Waals surface area contributed by atoms with Gasteiger partial charge in [-0.3, -0.25) is 9.55 Å². The Balaban J connectivity index is 1.31. The highest BCUT2D eigenvalue weighted by Crippen LogP contribution is 2.50. The number of benzene rings is 6. The molecule has 8 aromatic rings. The third-order valence-corrected chi connectivity index (χ3v) is 12.8. The minimum Gasteiger partial charge on any atom is -0.507 e. The zero-order chi connectivity index (χ0) is 43.2. The van der Waals surface area contributed by atoms with E-state index >= 15 is 0 Å². The molecule has 0 bridgehead atoms. The van der Waals surface area contributed by atoms with Crippen LogP contribution < -0.4 is 0 Å². The molecule has 4 heteroatoms. The van der Waals surface area contributed by atoms with Crippen LogP contribution in [0.15, 0.2) is 140 Å². The van der Waals surface area contributed by atoms with Gasteiger partial charge >= 0.3 is 0 Å². The van der Waals surface area contributed by atoms with Crippen LogP contribution in [0.4, 0.5) is 0 Å². The second-order valence-electron chi connectivity index (χ2n) is 20.6. The van der Waals surface area contributed by atoms with Crippen molar-refractivity contribution in [3.63, 3.8) is 0 Å². The minimum absolute atomic E-state index is 0.0612. The molecule has 6 aromatic carbocycles. The quantitative estimate of drug-likeness (QED) is 0.189. The number of nitrogens with zero attached hydrogens (tertiary/aromatic N) is 3. The van der Waals surface area contributed by atoms with Gasteiger partial charge in [0.1, 0.15) is 11.6 Å². The Labute approximate surface area is 362 Å². The first-order valence-corrected chi connectivity index (χ1v) is 21.6. The zero-order valence-corrected chi connectivity index (χ0v) is 37.6. The number of pyridine rings is 1. The molecule has 0 spiro atoms. The minimum atomic E-state index is -0.310. The fraction of sp³-hybridized carbons (Fsp3) is 0.263. The first kappa shape index (κ1) is 40.2. The maximum atomic E-state index is 12.5. The average molecular weight is 800 g/mol. The number of fused-ring (bicyclic) bond motifs is 4. The van der Waals surface area contributed by atoms with E-state index < -0.39 is 0 Å². The lowest BCUT2D eigenvalue weighted by Crippen LogP contribution is -2.17. The Bertz CT molecular complexity index is 3000. The molecule has 4 nitrogen and oxygen atoms in total. The lowest BCUT2D eigenvalue weighted by atomic mass is 9.79. The molecule has 2 heterocycles. The number of phenolic OH excluding ortho intramolecular Hbond substituents is 1. The van der Waals surface area contributed by atoms with Crippen LogP contribution in [-0.2, 0) is 21.7 Å². The number of hydrogen-bond acceptors (Lipinski definition) is 3. The van der Waals surface area contributed by atoms with Crippen LogP contribution in [-0.4, -0.2) is 19.6 Å². The predicted octanol–water partition coefficient (Wildman–Crippen LogP) is 15.0. The molecule has 0 fully saturated rings. The van der Waals surface area contributed by atoms with E-state index in [1.165, 1.54) is 27.8 Å². The number of aromatic hydroxyl groups is 1. The van der Waals surface area contributed by atoms with Crippen molar-refractivity contribution in [1.82, 2.24) is 14.5 Å². The molecule has 0 aliphatic heterocycles. The van der Waals surface area contributed by atoms with Gasteiger partial charge in [-0.2, -0.15) is 0 Å². The SMILES string of the molecule is CC(C)(C)c1ccc(-n2c(-c3cc(C(C)(C)C)cc(C(C)(C)C)c3O)nc3c(-c4cccc(-c5cc6c(cn5)C(C)(C)c5ccccc5-6)c4)cccc32)c(-c2ccccc2)c1. The van der Waals surface area contributed by atoms with E-state index in [4.69, 9.17) is 9.97 Å². The molecule has 9 rings (SSSR count). The summed E-state index contributed by atoms with van der Waals surface area (Å²) in [6.07, 6.45) is 2.07. The van der Waals surface area contributed by atoms with Crippen molar-refractivity contribution in [2.75, 3.05) is 0 Å². The third kappa shape index (κ3) is 6.87. The number of imidazole rings is 1. The maximum absolute atomic E-state index is 12.5. The Morgan fingerprint density at radius 1 is 0.508 bits per heavy atom. The number of hydrogen-bond donors (Lipinski definition) is 1. The van der Waals surface area contributed by atoms with Crippen LogP contribution >= 0.6 is 0 Å². The van der Waals surface area contributed by atoms with Gasteiger partial charge in [-0.1, -0.05) is 173 Å². The molecule has 0 saturated carbocycles. The molecule has 1 aliphatic carbocycles. The smallest absolute Gasteiger partial charge is 0.149 e. The molecule has 2 aromatic heterocycles. The van der Waals surface area contributed by atoms with Gasteiger partial charge in [-0.15, -0.1) is 0 Å². The van der Waals surface area contributed by atoms with E-state index in [1.54, 1.807) is 0 Å². The van der Waals surface area contributed by atoms with Gasteiger partial charge in [-0.25, -0.2) is 4.98 Å². The monoisotopic (exact) mass is 799 g/mol. The van der Waals surface area contributed by atoms with Gasteiger partial charge in [0.2, 0.25) is 0 Å². The molecular formula is C57H57N3O. The molecule has 0 amide bonds. The Morgan fingerprint density at radius 3 is 1.87 bits per heavy atom. The molecule has 306 valence electrons. The molecular weight excluding hydrogens is 743 g/mol. The van der Waals surface area contributed by atoms with Crippen LogP contribution in [0, 0.1) is 0 Å². The largest absolute Gasteiger partial charge is 0.507 e. The van der Waals surface area contributed by atoms with Gasteiger partial charge in [0.25, 0.3) is 0 Å². The predicted molar refractivity (Wildman–Crippen MR) is 256 cm³/mol. The van der Waals surface area contributed by atoms with Crippen molar-refractivity contribution in [2.45, 2.75) is 97.8 Å². The first-order valence-electron chi connectivity index (χ1n) is 21.6. The van der Waals surface area contributed by atoms with E-state index in [0.29, 0.717) is 5.82 Å². The summed E-state index contributed by atoms with van der Waals surface area (Å²) in [5.74, 6) is 0.968. The van der Waals surface area contributed by atoms with E-state index in [9.17, 15) is 5.11 Å². The standard InChI is InChI=1S/C57H57N3O/c1-54(2,3)38-27-28-49(42(30-38)35-19-13-12-14-20-35)60-50-26-18-24-40(51(50)59-53(60)44-31-39(55(4,5)6)32-46(52(44)61)56(7,8)9)36-21-17-22-37(29-36)48-33-43-41-23-15-16-25-45(41)57(10,11)47(43)34-58-48/h12-34,61H,1-11H3. The molecule has 1 N–H and O–H groups in total. The van der Waals surface area contributed by atoms with Crippen molar-refractivity contribution >= 4 is 11.0 Å². The highest BCUT2D eigenvalue weighted by atomic mass is 16.3. The molecule has 1 aliphatic rings. The van der Waals surface area contributed by atoms with Gasteiger partial charge in [0.05, 0.1) is 28.0 Å². The summed E-state index contributed by atoms with van der Waals surface area (Å²) in [6, 6.07) is 48.0. The topological polar surface area (TPSA) is 50.9 Å². The van der Waals surface area contributed by atoms with E-state index in [-0.39, 0.29) is 27.4 Å². The van der Waals surface area contributed by atoms with Crippen LogP contribution in [0.2, 0.25) is 0 Å². The fourth-order valence-corrected chi connectivity index (χ4v) is 9.20. The number of rotatable bonds is 5. The number of phenols is 1. The Hall–Kier alpha value is -6.26. The molecule has 0 radical (unpaired) electrons. The van der Waals surface area contributed by atoms with Crippen LogP contribution in [0.3, 0.4) is 0 Å². The summed E-state index contributed by atoms with van der Waals surface area (Å²) in [4.78, 5) is 10.7. The Kier molecular flexibility index (Phi) is 9.32. The summed E-state index contributed by atoms with van der Waals surface area (Å²) < 4.78 is 2.28. The van der Waals surface area contributed by atoms with Crippen molar-refractivity contribution in [3.05, 3.63) is 167 Å². The highest BCUT2D eigenvalue weighted by molar-refractivity contribution is 5.98. The summed E-state index contributed by atoms with van der Waals surface area (Å²) >= 11 is 0. The van der Waals surface area contributed by atoms with E-state index in [1.807, 2.05) is 0 Å². The van der Waals surface area contributed by atoms with Crippen molar-refractivity contribution in [2.24, 2.45) is 0 Å². The van der Waals surface area contributed by atoms with Crippen molar-refractivity contribution in [1.29, 1.82) is 0 Å². The normalized spacial score (nSPS) is 13.7. The van der Waals surface area contributed by atoms with Crippen LogP contribution in [0.5, 0.6) is 5.75 Å². The second-order valence-corrected chi connectivity index (χ2v) is 20.6. The van der Waals surface area contributed by atoms with Gasteiger partial charge in [0.15, 0.2) is 0 Å². The summed E-state index contributed by atoms with van der Waals surface area (Å²) in [6.45, 7) is 24.6. The fourth-order valence-electron chi connectivity index (χ4n) is 9.20. The number of aromatic nitrogens is 3. The molecule has 0 saturated heterocycles. The zero-order valence-electron chi connectivity index (χ0n) is 37.6. The van der Waals surface area contributed by atoms with Gasteiger partial charge < -0.3 is 5.11 Å². The molecule has 0 atom stereocenters. The second kappa shape index (κ2) is 14.2. The Morgan fingerprint density at radius 2 is 1.15 bits per heavy atom. The summed E-state index contributed by atoms with van der Waals surface area (Å²) in [5, 5.41) is 12.5. The summed E-state index contributed by atoms with van der Waals surface area (Å²) in [5.41, 5.74) is 17.6. The third-order valence-electron chi connectivity index (χ3n) is 12.8. The lowest BCUT2D eigenvalue weighted by Gasteiger charge is -2.28. The van der Waals surface area contributed by atoms with Crippen molar-refractivity contribution in [3.8, 4) is 67.5 Å². The molecule has 0 unspecified atom stereocenters. The molecule has 61 heavy (non-hydrogen) atoms. The van der Waals surface area contributed by atoms with Gasteiger partial charge in [-0.05, 0) is 97.2 Å².